The van der Waals surface area contributed by atoms with Crippen molar-refractivity contribution in [2.45, 2.75) is 6.18 Å². The van der Waals surface area contributed by atoms with Crippen LogP contribution in [0.1, 0.15) is 5.56 Å². The second kappa shape index (κ2) is 4.53. The lowest BCUT2D eigenvalue weighted by molar-refractivity contribution is -0.137. The summed E-state index contributed by atoms with van der Waals surface area (Å²) in [5.41, 5.74) is -1.01. The minimum Gasteiger partial charge on any atom is -0.488 e. The molecule has 0 aliphatic heterocycles. The molecule has 0 aromatic carbocycles. The van der Waals surface area contributed by atoms with Gasteiger partial charge in [0.2, 0.25) is 0 Å². The maximum Gasteiger partial charge on any atom is 0.419 e. The minimum atomic E-state index is -4.53. The highest BCUT2D eigenvalue weighted by Gasteiger charge is 2.34. The molecule has 1 rings (SSSR count). The van der Waals surface area contributed by atoms with Crippen LogP contribution in [0.2, 0.25) is 5.15 Å². The first kappa shape index (κ1) is 11.8. The molecule has 82 valence electrons. The summed E-state index contributed by atoms with van der Waals surface area (Å²) in [4.78, 5) is 3.38. The molecule has 0 bridgehead atoms. The van der Waals surface area contributed by atoms with Gasteiger partial charge in [-0.2, -0.15) is 13.2 Å². The fourth-order valence-corrected chi connectivity index (χ4v) is 1.07. The summed E-state index contributed by atoms with van der Waals surface area (Å²) >= 11 is 5.31. The SMILES string of the molecule is C=CCOc1cnc(Cl)c(C(F)(F)F)c1. The highest BCUT2D eigenvalue weighted by atomic mass is 35.5. The van der Waals surface area contributed by atoms with E-state index in [4.69, 9.17) is 16.3 Å². The number of aromatic nitrogens is 1. The van der Waals surface area contributed by atoms with Crippen molar-refractivity contribution in [1.82, 2.24) is 4.98 Å². The van der Waals surface area contributed by atoms with Crippen molar-refractivity contribution in [3.8, 4) is 5.75 Å². The maximum atomic E-state index is 12.4. The van der Waals surface area contributed by atoms with Gasteiger partial charge in [-0.05, 0) is 6.07 Å². The van der Waals surface area contributed by atoms with Crippen molar-refractivity contribution < 1.29 is 17.9 Å². The van der Waals surface area contributed by atoms with E-state index in [1.165, 1.54) is 6.08 Å². The zero-order valence-corrected chi connectivity index (χ0v) is 8.27. The standard InChI is InChI=1S/C9H7ClF3NO/c1-2-3-15-6-4-7(9(11,12)13)8(10)14-5-6/h2,4-5H,1,3H2. The Bertz CT molecular complexity index is 365. The molecule has 0 amide bonds. The van der Waals surface area contributed by atoms with E-state index in [0.717, 1.165) is 12.3 Å². The Morgan fingerprint density at radius 1 is 1.53 bits per heavy atom. The predicted octanol–water partition coefficient (Wildman–Crippen LogP) is 3.32. The molecule has 15 heavy (non-hydrogen) atoms. The van der Waals surface area contributed by atoms with Gasteiger partial charge >= 0.3 is 6.18 Å². The number of hydrogen-bond donors (Lipinski definition) is 0. The Morgan fingerprint density at radius 2 is 2.20 bits per heavy atom. The number of alkyl halides is 3. The van der Waals surface area contributed by atoms with Gasteiger partial charge < -0.3 is 4.74 Å². The zero-order chi connectivity index (χ0) is 11.5. The number of nitrogens with zero attached hydrogens (tertiary/aromatic N) is 1. The van der Waals surface area contributed by atoms with E-state index in [1.54, 1.807) is 0 Å². The maximum absolute atomic E-state index is 12.4. The van der Waals surface area contributed by atoms with Gasteiger partial charge in [0.15, 0.2) is 0 Å². The average Bonchev–Trinajstić information content (AvgIpc) is 2.15. The molecule has 0 unspecified atom stereocenters. The van der Waals surface area contributed by atoms with Crippen LogP contribution < -0.4 is 4.74 Å². The molecular formula is C9H7ClF3NO. The van der Waals surface area contributed by atoms with Crippen molar-refractivity contribution >= 4 is 11.6 Å². The molecule has 0 N–H and O–H groups in total. The third-order valence-corrected chi connectivity index (χ3v) is 1.79. The van der Waals surface area contributed by atoms with Crippen LogP contribution in [0.3, 0.4) is 0 Å². The first-order valence-electron chi connectivity index (χ1n) is 3.91. The van der Waals surface area contributed by atoms with Crippen LogP contribution in [0.5, 0.6) is 5.75 Å². The van der Waals surface area contributed by atoms with Gasteiger partial charge in [-0.1, -0.05) is 24.3 Å². The van der Waals surface area contributed by atoms with Crippen LogP contribution in [0, 0.1) is 0 Å². The first-order chi connectivity index (χ1) is 6.95. The second-order valence-electron chi connectivity index (χ2n) is 2.61. The molecule has 1 aromatic heterocycles. The van der Waals surface area contributed by atoms with E-state index in [0.29, 0.717) is 0 Å². The Morgan fingerprint density at radius 3 is 2.73 bits per heavy atom. The Labute approximate surface area is 89.3 Å². The Kier molecular flexibility index (Phi) is 3.57. The molecule has 1 heterocycles. The average molecular weight is 238 g/mol. The molecule has 0 saturated carbocycles. The number of pyridine rings is 1. The second-order valence-corrected chi connectivity index (χ2v) is 2.96. The third kappa shape index (κ3) is 3.13. The first-order valence-corrected chi connectivity index (χ1v) is 4.29. The summed E-state index contributed by atoms with van der Waals surface area (Å²) in [7, 11) is 0. The lowest BCUT2D eigenvalue weighted by Gasteiger charge is -2.10. The van der Waals surface area contributed by atoms with Gasteiger partial charge in [-0.15, -0.1) is 0 Å². The molecule has 1 aromatic rings. The summed E-state index contributed by atoms with van der Waals surface area (Å²) in [6.07, 6.45) is -1.99. The van der Waals surface area contributed by atoms with Crippen molar-refractivity contribution in [3.05, 3.63) is 35.6 Å². The number of rotatable bonds is 3. The predicted molar refractivity (Wildman–Crippen MR) is 49.9 cm³/mol. The minimum absolute atomic E-state index is 0.00613. The molecule has 6 heteroatoms. The van der Waals surface area contributed by atoms with E-state index in [2.05, 4.69) is 11.6 Å². The molecule has 0 atom stereocenters. The largest absolute Gasteiger partial charge is 0.488 e. The fourth-order valence-electron chi connectivity index (χ4n) is 0.862. The number of ether oxygens (including phenoxy) is 1. The van der Waals surface area contributed by atoms with E-state index in [-0.39, 0.29) is 12.4 Å². The lowest BCUT2D eigenvalue weighted by Crippen LogP contribution is -2.07. The molecule has 0 fully saturated rings. The Balaban J connectivity index is 3.00. The summed E-state index contributed by atoms with van der Waals surface area (Å²) in [5, 5.41) is -0.589. The normalized spacial score (nSPS) is 11.2. The van der Waals surface area contributed by atoms with E-state index in [9.17, 15) is 13.2 Å². The lowest BCUT2D eigenvalue weighted by atomic mass is 10.2. The summed E-state index contributed by atoms with van der Waals surface area (Å²) in [6, 6.07) is 0.804. The topological polar surface area (TPSA) is 22.1 Å². The van der Waals surface area contributed by atoms with Crippen LogP contribution in [-0.2, 0) is 6.18 Å². The molecule has 0 aliphatic rings. The third-order valence-electron chi connectivity index (χ3n) is 1.49. The summed E-state index contributed by atoms with van der Waals surface area (Å²) < 4.78 is 42.0. The van der Waals surface area contributed by atoms with Crippen LogP contribution in [0.4, 0.5) is 13.2 Å². The molecule has 0 spiro atoms. The molecule has 0 saturated heterocycles. The number of hydrogen-bond acceptors (Lipinski definition) is 2. The van der Waals surface area contributed by atoms with Gasteiger partial charge in [0.25, 0.3) is 0 Å². The van der Waals surface area contributed by atoms with Crippen LogP contribution >= 0.6 is 11.6 Å². The van der Waals surface area contributed by atoms with Gasteiger partial charge in [-0.25, -0.2) is 4.98 Å². The highest BCUT2D eigenvalue weighted by Crippen LogP contribution is 2.35. The fraction of sp³-hybridized carbons (Fsp3) is 0.222. The van der Waals surface area contributed by atoms with Crippen LogP contribution in [-0.4, -0.2) is 11.6 Å². The molecule has 0 aliphatic carbocycles. The van der Waals surface area contributed by atoms with Crippen molar-refractivity contribution in [3.63, 3.8) is 0 Å². The van der Waals surface area contributed by atoms with Crippen molar-refractivity contribution in [1.29, 1.82) is 0 Å². The van der Waals surface area contributed by atoms with Gasteiger partial charge in [-0.3, -0.25) is 0 Å². The van der Waals surface area contributed by atoms with Crippen molar-refractivity contribution in [2.24, 2.45) is 0 Å². The van der Waals surface area contributed by atoms with E-state index < -0.39 is 16.9 Å². The highest BCUT2D eigenvalue weighted by molar-refractivity contribution is 6.30. The zero-order valence-electron chi connectivity index (χ0n) is 7.51. The van der Waals surface area contributed by atoms with E-state index >= 15 is 0 Å². The molecular weight excluding hydrogens is 231 g/mol. The monoisotopic (exact) mass is 237 g/mol. The van der Waals surface area contributed by atoms with E-state index in [1.807, 2.05) is 0 Å². The van der Waals surface area contributed by atoms with Crippen LogP contribution in [0.25, 0.3) is 0 Å². The summed E-state index contributed by atoms with van der Waals surface area (Å²) in [5.74, 6) is 0.00613. The van der Waals surface area contributed by atoms with Crippen molar-refractivity contribution in [2.75, 3.05) is 6.61 Å². The summed E-state index contributed by atoms with van der Waals surface area (Å²) in [6.45, 7) is 3.48. The number of halogens is 4. The Hall–Kier alpha value is -1.23. The van der Waals surface area contributed by atoms with Crippen LogP contribution in [0.15, 0.2) is 24.9 Å². The molecule has 0 radical (unpaired) electrons. The van der Waals surface area contributed by atoms with Gasteiger partial charge in [0.05, 0.1) is 11.8 Å². The smallest absolute Gasteiger partial charge is 0.419 e. The quantitative estimate of drug-likeness (QED) is 0.594. The van der Waals surface area contributed by atoms with Gasteiger partial charge in [0, 0.05) is 0 Å². The van der Waals surface area contributed by atoms with Gasteiger partial charge in [0.1, 0.15) is 17.5 Å². The molecule has 2 nitrogen and oxygen atoms in total.